The van der Waals surface area contributed by atoms with Crippen LogP contribution in [0.3, 0.4) is 0 Å². The molecule has 4 rings (SSSR count). The van der Waals surface area contributed by atoms with E-state index >= 15 is 0 Å². The standard InChI is InChI=1S/C17H15N3O3/c1-10-14(16(21)22-2)15(13-8-5-9-23-13)20-12-7-4-3-6-11(12)19-17(20)18-10/h3-9,15H,1-2H3,(H,18,19)/t15-/m0/s1. The van der Waals surface area contributed by atoms with E-state index in [1.54, 1.807) is 12.3 Å². The maximum atomic E-state index is 12.4. The lowest BCUT2D eigenvalue weighted by Crippen LogP contribution is -2.28. The van der Waals surface area contributed by atoms with Gasteiger partial charge in [-0.1, -0.05) is 12.1 Å². The number of hydrogen-bond acceptors (Lipinski definition) is 5. The molecular weight excluding hydrogens is 294 g/mol. The minimum Gasteiger partial charge on any atom is -0.467 e. The SMILES string of the molecule is COC(=O)C1=C(C)Nc2nc3ccccc3n2[C@H]1c1ccco1. The van der Waals surface area contributed by atoms with Crippen LogP contribution < -0.4 is 5.32 Å². The second kappa shape index (κ2) is 5.01. The molecule has 116 valence electrons. The number of allylic oxidation sites excluding steroid dienone is 1. The van der Waals surface area contributed by atoms with Crippen molar-refractivity contribution >= 4 is 23.0 Å². The molecule has 2 aromatic heterocycles. The van der Waals surface area contributed by atoms with Crippen LogP contribution in [-0.2, 0) is 9.53 Å². The van der Waals surface area contributed by atoms with E-state index in [1.165, 1.54) is 7.11 Å². The molecule has 1 aliphatic heterocycles. The molecule has 0 spiro atoms. The van der Waals surface area contributed by atoms with Crippen LogP contribution in [0.25, 0.3) is 11.0 Å². The van der Waals surface area contributed by atoms with Crippen LogP contribution in [0.15, 0.2) is 58.3 Å². The summed E-state index contributed by atoms with van der Waals surface area (Å²) in [6, 6.07) is 11.0. The lowest BCUT2D eigenvalue weighted by molar-refractivity contribution is -0.136. The fourth-order valence-electron chi connectivity index (χ4n) is 3.05. The van der Waals surface area contributed by atoms with Crippen LogP contribution in [0.5, 0.6) is 0 Å². The molecule has 1 aliphatic rings. The van der Waals surface area contributed by atoms with Crippen molar-refractivity contribution in [2.24, 2.45) is 0 Å². The van der Waals surface area contributed by atoms with Crippen LogP contribution in [0.2, 0.25) is 0 Å². The van der Waals surface area contributed by atoms with E-state index in [9.17, 15) is 4.79 Å². The first-order valence-electron chi connectivity index (χ1n) is 7.27. The summed E-state index contributed by atoms with van der Waals surface area (Å²) >= 11 is 0. The van der Waals surface area contributed by atoms with Crippen LogP contribution in [0, 0.1) is 0 Å². The molecule has 0 aliphatic carbocycles. The van der Waals surface area contributed by atoms with E-state index in [-0.39, 0.29) is 5.97 Å². The van der Waals surface area contributed by atoms with Gasteiger partial charge in [0.2, 0.25) is 5.95 Å². The Hall–Kier alpha value is -3.02. The molecule has 0 saturated heterocycles. The lowest BCUT2D eigenvalue weighted by Gasteiger charge is -2.28. The summed E-state index contributed by atoms with van der Waals surface area (Å²) < 4.78 is 12.5. The highest BCUT2D eigenvalue weighted by atomic mass is 16.5. The molecule has 1 N–H and O–H groups in total. The normalized spacial score (nSPS) is 17.0. The van der Waals surface area contributed by atoms with E-state index < -0.39 is 6.04 Å². The zero-order chi connectivity index (χ0) is 16.0. The summed E-state index contributed by atoms with van der Waals surface area (Å²) in [7, 11) is 1.38. The number of benzene rings is 1. The van der Waals surface area contributed by atoms with Gasteiger partial charge in [-0.3, -0.25) is 4.57 Å². The van der Waals surface area contributed by atoms with E-state index in [0.717, 1.165) is 11.0 Å². The van der Waals surface area contributed by atoms with Crippen LogP contribution in [0.4, 0.5) is 5.95 Å². The Morgan fingerprint density at radius 3 is 2.87 bits per heavy atom. The number of imidazole rings is 1. The van der Waals surface area contributed by atoms with Crippen molar-refractivity contribution in [3.05, 3.63) is 59.7 Å². The largest absolute Gasteiger partial charge is 0.467 e. The number of esters is 1. The summed E-state index contributed by atoms with van der Waals surface area (Å²) in [4.78, 5) is 17.0. The number of carbonyl (C=O) groups is 1. The summed E-state index contributed by atoms with van der Waals surface area (Å²) in [5.74, 6) is 0.952. The number of aromatic nitrogens is 2. The molecule has 0 saturated carbocycles. The number of anilines is 1. The topological polar surface area (TPSA) is 69.3 Å². The van der Waals surface area contributed by atoms with Gasteiger partial charge < -0.3 is 14.5 Å². The highest BCUT2D eigenvalue weighted by molar-refractivity contribution is 5.93. The minimum absolute atomic E-state index is 0.389. The van der Waals surface area contributed by atoms with Gasteiger partial charge in [0.15, 0.2) is 0 Å². The Bertz CT molecular complexity index is 922. The first kappa shape index (κ1) is 13.6. The predicted octanol–water partition coefficient (Wildman–Crippen LogP) is 3.09. The van der Waals surface area contributed by atoms with Crippen molar-refractivity contribution in [2.75, 3.05) is 12.4 Å². The third-order valence-electron chi connectivity index (χ3n) is 4.05. The zero-order valence-corrected chi connectivity index (χ0v) is 12.7. The Balaban J connectivity index is 2.02. The zero-order valence-electron chi connectivity index (χ0n) is 12.7. The van der Waals surface area contributed by atoms with Crippen molar-refractivity contribution in [3.63, 3.8) is 0 Å². The molecule has 0 amide bonds. The first-order chi connectivity index (χ1) is 11.2. The van der Waals surface area contributed by atoms with Gasteiger partial charge in [0.25, 0.3) is 0 Å². The second-order valence-corrected chi connectivity index (χ2v) is 5.37. The summed E-state index contributed by atoms with van der Waals surface area (Å²) in [6.07, 6.45) is 1.60. The third kappa shape index (κ3) is 1.95. The summed E-state index contributed by atoms with van der Waals surface area (Å²) in [5, 5.41) is 3.20. The van der Waals surface area contributed by atoms with Crippen molar-refractivity contribution in [3.8, 4) is 0 Å². The van der Waals surface area contributed by atoms with E-state index in [4.69, 9.17) is 9.15 Å². The fourth-order valence-corrected chi connectivity index (χ4v) is 3.05. The monoisotopic (exact) mass is 309 g/mol. The van der Waals surface area contributed by atoms with Crippen molar-refractivity contribution in [1.82, 2.24) is 9.55 Å². The van der Waals surface area contributed by atoms with E-state index in [0.29, 0.717) is 23.0 Å². The van der Waals surface area contributed by atoms with Gasteiger partial charge in [-0.15, -0.1) is 0 Å². The highest BCUT2D eigenvalue weighted by Gasteiger charge is 2.36. The molecule has 0 radical (unpaired) electrons. The van der Waals surface area contributed by atoms with Gasteiger partial charge in [-0.25, -0.2) is 9.78 Å². The Labute approximate surface area is 132 Å². The van der Waals surface area contributed by atoms with Gasteiger partial charge in [0.05, 0.1) is 30.0 Å². The molecule has 3 aromatic rings. The van der Waals surface area contributed by atoms with Gasteiger partial charge in [0.1, 0.15) is 11.8 Å². The molecule has 23 heavy (non-hydrogen) atoms. The minimum atomic E-state index is -0.416. The molecule has 0 unspecified atom stereocenters. The number of carbonyl (C=O) groups excluding carboxylic acids is 1. The maximum absolute atomic E-state index is 12.4. The molecule has 0 bridgehead atoms. The molecule has 3 heterocycles. The quantitative estimate of drug-likeness (QED) is 0.737. The van der Waals surface area contributed by atoms with Gasteiger partial charge in [0, 0.05) is 5.70 Å². The number of fused-ring (bicyclic) bond motifs is 3. The number of nitrogens with zero attached hydrogens (tertiary/aromatic N) is 2. The number of hydrogen-bond donors (Lipinski definition) is 1. The van der Waals surface area contributed by atoms with Crippen molar-refractivity contribution in [2.45, 2.75) is 13.0 Å². The average molecular weight is 309 g/mol. The molecule has 1 aromatic carbocycles. The Kier molecular flexibility index (Phi) is 2.97. The number of rotatable bonds is 2. The number of nitrogens with one attached hydrogen (secondary N) is 1. The Morgan fingerprint density at radius 2 is 2.13 bits per heavy atom. The highest BCUT2D eigenvalue weighted by Crippen LogP contribution is 2.39. The fraction of sp³-hybridized carbons (Fsp3) is 0.176. The third-order valence-corrected chi connectivity index (χ3v) is 4.05. The van der Waals surface area contributed by atoms with E-state index in [1.807, 2.05) is 41.8 Å². The maximum Gasteiger partial charge on any atom is 0.338 e. The van der Waals surface area contributed by atoms with Gasteiger partial charge >= 0.3 is 5.97 Å². The predicted molar refractivity (Wildman–Crippen MR) is 84.9 cm³/mol. The molecule has 6 heteroatoms. The smallest absolute Gasteiger partial charge is 0.338 e. The van der Waals surface area contributed by atoms with E-state index in [2.05, 4.69) is 10.3 Å². The number of furan rings is 1. The molecule has 6 nitrogen and oxygen atoms in total. The summed E-state index contributed by atoms with van der Waals surface area (Å²) in [6.45, 7) is 1.84. The second-order valence-electron chi connectivity index (χ2n) is 5.37. The van der Waals surface area contributed by atoms with Gasteiger partial charge in [-0.2, -0.15) is 0 Å². The molecule has 0 fully saturated rings. The average Bonchev–Trinajstić information content (AvgIpc) is 3.20. The lowest BCUT2D eigenvalue weighted by atomic mass is 10.0. The summed E-state index contributed by atoms with van der Waals surface area (Å²) in [5.41, 5.74) is 3.00. The van der Waals surface area contributed by atoms with Crippen molar-refractivity contribution in [1.29, 1.82) is 0 Å². The van der Waals surface area contributed by atoms with Gasteiger partial charge in [-0.05, 0) is 31.2 Å². The number of methoxy groups -OCH3 is 1. The van der Waals surface area contributed by atoms with Crippen LogP contribution in [0.1, 0.15) is 18.7 Å². The molecular formula is C17H15N3O3. The van der Waals surface area contributed by atoms with Crippen LogP contribution in [-0.4, -0.2) is 22.6 Å². The number of para-hydroxylation sites is 2. The Morgan fingerprint density at radius 1 is 1.30 bits per heavy atom. The van der Waals surface area contributed by atoms with Crippen molar-refractivity contribution < 1.29 is 13.9 Å². The number of ether oxygens (including phenoxy) is 1. The van der Waals surface area contributed by atoms with Crippen LogP contribution >= 0.6 is 0 Å². The molecule has 1 atom stereocenters. The first-order valence-corrected chi connectivity index (χ1v) is 7.27.